The van der Waals surface area contributed by atoms with Crippen LogP contribution >= 0.6 is 0 Å². The Kier molecular flexibility index (Phi) is 10.9. The van der Waals surface area contributed by atoms with E-state index in [0.717, 1.165) is 0 Å². The number of rotatable bonds is 11. The minimum Gasteiger partial charge on any atom is -0.395 e. The molecule has 0 aliphatic rings. The van der Waals surface area contributed by atoms with Crippen molar-refractivity contribution in [3.63, 3.8) is 0 Å². The molecule has 0 aromatic heterocycles. The van der Waals surface area contributed by atoms with Crippen LogP contribution in [0.5, 0.6) is 0 Å². The predicted molar refractivity (Wildman–Crippen MR) is 87.2 cm³/mol. The molecule has 0 aliphatic carbocycles. The van der Waals surface area contributed by atoms with Gasteiger partial charge in [0.05, 0.1) is 0 Å². The van der Waals surface area contributed by atoms with Crippen LogP contribution in [0.25, 0.3) is 0 Å². The van der Waals surface area contributed by atoms with E-state index in [9.17, 15) is 0 Å². The van der Waals surface area contributed by atoms with Gasteiger partial charge in [0, 0.05) is 7.11 Å². The second-order valence-corrected chi connectivity index (χ2v) is 10.3. The molecule has 0 amide bonds. The summed E-state index contributed by atoms with van der Waals surface area (Å²) in [6.45, 7) is 11.2. The van der Waals surface area contributed by atoms with Gasteiger partial charge in [-0.2, -0.15) is 0 Å². The molecule has 3 heteroatoms. The zero-order valence-corrected chi connectivity index (χ0v) is 15.3. The Balaban J connectivity index is 3.81. The summed E-state index contributed by atoms with van der Waals surface area (Å²) < 4.78 is 11.4. The lowest BCUT2D eigenvalue weighted by atomic mass is 10.1. The third-order valence-electron chi connectivity index (χ3n) is 3.72. The molecule has 116 valence electrons. The molecule has 0 saturated heterocycles. The van der Waals surface area contributed by atoms with Gasteiger partial charge in [0.1, 0.15) is 6.29 Å². The molecule has 0 aliphatic heterocycles. The molecule has 0 aromatic rings. The lowest BCUT2D eigenvalue weighted by Gasteiger charge is -2.31. The molecule has 0 rings (SSSR count). The fourth-order valence-corrected chi connectivity index (χ4v) is 4.92. The maximum atomic E-state index is 6.13. The van der Waals surface area contributed by atoms with E-state index in [1.165, 1.54) is 51.0 Å². The van der Waals surface area contributed by atoms with E-state index in [4.69, 9.17) is 9.16 Å². The van der Waals surface area contributed by atoms with Gasteiger partial charge >= 0.3 is 0 Å². The fraction of sp³-hybridized carbons (Fsp3) is 1.00. The van der Waals surface area contributed by atoms with Crippen molar-refractivity contribution in [1.82, 2.24) is 0 Å². The van der Waals surface area contributed by atoms with Gasteiger partial charge in [-0.1, -0.05) is 72.6 Å². The van der Waals surface area contributed by atoms with E-state index < -0.39 is 9.04 Å². The first kappa shape index (κ1) is 19.1. The molecule has 0 bridgehead atoms. The average Bonchev–Trinajstić information content (AvgIpc) is 2.34. The van der Waals surface area contributed by atoms with Crippen molar-refractivity contribution >= 4 is 9.04 Å². The Morgan fingerprint density at radius 1 is 0.947 bits per heavy atom. The molecule has 0 N–H and O–H groups in total. The van der Waals surface area contributed by atoms with Gasteiger partial charge in [-0.05, 0) is 18.0 Å². The zero-order valence-electron chi connectivity index (χ0n) is 14.1. The molecule has 0 heterocycles. The predicted octanol–water partition coefficient (Wildman–Crippen LogP) is 5.27. The Labute approximate surface area is 123 Å². The normalized spacial score (nSPS) is 15.5. The van der Waals surface area contributed by atoms with Crippen LogP contribution in [0, 0.1) is 0 Å². The lowest BCUT2D eigenvalue weighted by Crippen LogP contribution is -2.33. The molecule has 2 nitrogen and oxygen atoms in total. The number of unbranched alkanes of at least 4 members (excludes halogenated alkanes) is 6. The van der Waals surface area contributed by atoms with Crippen molar-refractivity contribution in [2.45, 2.75) is 96.9 Å². The topological polar surface area (TPSA) is 18.5 Å². The highest BCUT2D eigenvalue weighted by Gasteiger charge is 2.28. The molecular weight excluding hydrogens is 252 g/mol. The van der Waals surface area contributed by atoms with Crippen LogP contribution in [0.15, 0.2) is 0 Å². The smallest absolute Gasteiger partial charge is 0.185 e. The van der Waals surface area contributed by atoms with Crippen LogP contribution in [0.3, 0.4) is 0 Å². The first-order chi connectivity index (χ1) is 8.91. The van der Waals surface area contributed by atoms with Gasteiger partial charge in [0.2, 0.25) is 0 Å². The second kappa shape index (κ2) is 10.9. The average molecular weight is 289 g/mol. The lowest BCUT2D eigenvalue weighted by molar-refractivity contribution is -0.0440. The summed E-state index contributed by atoms with van der Waals surface area (Å²) in [6.07, 6.45) is 9.60. The monoisotopic (exact) mass is 288 g/mol. The molecule has 0 radical (unpaired) electrons. The Morgan fingerprint density at radius 3 is 1.95 bits per heavy atom. The second-order valence-electron chi connectivity index (χ2n) is 6.70. The van der Waals surface area contributed by atoms with E-state index >= 15 is 0 Å². The highest BCUT2D eigenvalue weighted by molar-refractivity contribution is 6.55. The Morgan fingerprint density at radius 2 is 1.47 bits per heavy atom. The summed E-state index contributed by atoms with van der Waals surface area (Å²) in [5, 5.41) is 0.328. The van der Waals surface area contributed by atoms with Crippen LogP contribution in [0.2, 0.25) is 11.1 Å². The van der Waals surface area contributed by atoms with Crippen molar-refractivity contribution in [3.8, 4) is 0 Å². The van der Waals surface area contributed by atoms with Gasteiger partial charge in [0.15, 0.2) is 9.04 Å². The number of hydrogen-bond acceptors (Lipinski definition) is 2. The molecule has 0 fully saturated rings. The first-order valence-corrected chi connectivity index (χ1v) is 9.96. The highest BCUT2D eigenvalue weighted by Crippen LogP contribution is 2.32. The minimum absolute atomic E-state index is 0.0413. The number of methoxy groups -OCH3 is 1. The molecule has 19 heavy (non-hydrogen) atoms. The standard InChI is InChI=1S/C16H36O2Si/c1-7-8-9-10-11-12-13-14-19(16(3,4)5)18-15(2)17-6/h15,19H,7-14H2,1-6H3. The minimum atomic E-state index is -1.19. The number of hydrogen-bond donors (Lipinski definition) is 0. The van der Waals surface area contributed by atoms with Crippen LogP contribution in [-0.2, 0) is 9.16 Å². The maximum absolute atomic E-state index is 6.13. The summed E-state index contributed by atoms with van der Waals surface area (Å²) in [7, 11) is 0.541. The van der Waals surface area contributed by atoms with Crippen molar-refractivity contribution < 1.29 is 9.16 Å². The summed E-state index contributed by atoms with van der Waals surface area (Å²) in [4.78, 5) is 0. The molecule has 0 saturated carbocycles. The van der Waals surface area contributed by atoms with E-state index in [-0.39, 0.29) is 6.29 Å². The Bertz CT molecular complexity index is 201. The summed E-state index contributed by atoms with van der Waals surface area (Å²) in [5.74, 6) is 0. The molecule has 0 spiro atoms. The third-order valence-corrected chi connectivity index (χ3v) is 7.30. The van der Waals surface area contributed by atoms with E-state index in [1.807, 2.05) is 6.92 Å². The number of ether oxygens (including phenoxy) is 1. The van der Waals surface area contributed by atoms with Gasteiger partial charge in [-0.25, -0.2) is 0 Å². The largest absolute Gasteiger partial charge is 0.395 e. The van der Waals surface area contributed by atoms with Crippen LogP contribution in [0.4, 0.5) is 0 Å². The van der Waals surface area contributed by atoms with Crippen molar-refractivity contribution in [2.75, 3.05) is 7.11 Å². The van der Waals surface area contributed by atoms with E-state index in [2.05, 4.69) is 27.7 Å². The third kappa shape index (κ3) is 10.6. The summed E-state index contributed by atoms with van der Waals surface area (Å²) >= 11 is 0. The van der Waals surface area contributed by atoms with Crippen molar-refractivity contribution in [2.24, 2.45) is 0 Å². The van der Waals surface area contributed by atoms with Crippen molar-refractivity contribution in [1.29, 1.82) is 0 Å². The van der Waals surface area contributed by atoms with Crippen LogP contribution < -0.4 is 0 Å². The van der Waals surface area contributed by atoms with Gasteiger partial charge in [-0.15, -0.1) is 0 Å². The molecule has 2 unspecified atom stereocenters. The molecular formula is C16H36O2Si. The van der Waals surface area contributed by atoms with E-state index in [0.29, 0.717) is 5.04 Å². The van der Waals surface area contributed by atoms with Crippen molar-refractivity contribution in [3.05, 3.63) is 0 Å². The van der Waals surface area contributed by atoms with Gasteiger partial charge in [-0.3, -0.25) is 0 Å². The first-order valence-electron chi connectivity index (χ1n) is 8.10. The van der Waals surface area contributed by atoms with E-state index in [1.54, 1.807) is 7.11 Å². The quantitative estimate of drug-likeness (QED) is 0.293. The highest BCUT2D eigenvalue weighted by atomic mass is 28.3. The summed E-state index contributed by atoms with van der Waals surface area (Å²) in [6, 6.07) is 1.28. The molecule has 0 aromatic carbocycles. The summed E-state index contributed by atoms with van der Waals surface area (Å²) in [5.41, 5.74) is 0. The van der Waals surface area contributed by atoms with Gasteiger partial charge in [0.25, 0.3) is 0 Å². The zero-order chi connectivity index (χ0) is 14.7. The van der Waals surface area contributed by atoms with Crippen LogP contribution in [0.1, 0.15) is 79.6 Å². The Hall–Kier alpha value is 0.137. The SMILES string of the molecule is CCCCCCCCC[SiH](OC(C)OC)C(C)(C)C. The maximum Gasteiger partial charge on any atom is 0.185 e. The fourth-order valence-electron chi connectivity index (χ4n) is 2.28. The molecule has 2 atom stereocenters. The van der Waals surface area contributed by atoms with Crippen LogP contribution in [-0.4, -0.2) is 22.4 Å². The van der Waals surface area contributed by atoms with Gasteiger partial charge < -0.3 is 9.16 Å².